The first-order valence-electron chi connectivity index (χ1n) is 5.89. The van der Waals surface area contributed by atoms with Crippen LogP contribution in [0.5, 0.6) is 0 Å². The molecule has 82 valence electrons. The predicted molar refractivity (Wildman–Crippen MR) is 60.1 cm³/mol. The molecular weight excluding hydrogens is 200 g/mol. The van der Waals surface area contributed by atoms with Crippen molar-refractivity contribution >= 4 is 5.65 Å². The first kappa shape index (κ1) is 8.70. The quantitative estimate of drug-likeness (QED) is 0.825. The zero-order chi connectivity index (χ0) is 10.8. The molecule has 0 aliphatic heterocycles. The van der Waals surface area contributed by atoms with Crippen LogP contribution in [0.25, 0.3) is 5.65 Å². The van der Waals surface area contributed by atoms with Crippen molar-refractivity contribution in [2.24, 2.45) is 5.73 Å². The third-order valence-corrected chi connectivity index (χ3v) is 3.75. The molecule has 2 N–H and O–H groups in total. The average Bonchev–Trinajstić information content (AvgIpc) is 3.20. The SMILES string of the molecule is NC1(c2cnn3cc(C4CC4)cnc23)CC1. The minimum atomic E-state index is -0.143. The Balaban J connectivity index is 1.88. The molecule has 0 saturated heterocycles. The lowest BCUT2D eigenvalue weighted by Gasteiger charge is -2.05. The van der Waals surface area contributed by atoms with Gasteiger partial charge in [0.25, 0.3) is 0 Å². The normalized spacial score (nSPS) is 22.6. The number of hydrogen-bond donors (Lipinski definition) is 1. The van der Waals surface area contributed by atoms with E-state index in [0.29, 0.717) is 0 Å². The molecule has 2 aromatic rings. The Morgan fingerprint density at radius 2 is 2.12 bits per heavy atom. The van der Waals surface area contributed by atoms with E-state index < -0.39 is 0 Å². The van der Waals surface area contributed by atoms with Crippen molar-refractivity contribution in [3.63, 3.8) is 0 Å². The number of hydrogen-bond acceptors (Lipinski definition) is 3. The van der Waals surface area contributed by atoms with E-state index in [0.717, 1.165) is 30.0 Å². The fourth-order valence-electron chi connectivity index (χ4n) is 2.27. The Kier molecular flexibility index (Phi) is 1.43. The molecule has 0 aromatic carbocycles. The van der Waals surface area contributed by atoms with E-state index in [2.05, 4.69) is 16.3 Å². The minimum Gasteiger partial charge on any atom is -0.321 e. The lowest BCUT2D eigenvalue weighted by atomic mass is 10.1. The second-order valence-electron chi connectivity index (χ2n) is 5.14. The van der Waals surface area contributed by atoms with Gasteiger partial charge in [-0.2, -0.15) is 5.10 Å². The molecule has 4 nitrogen and oxygen atoms in total. The average molecular weight is 214 g/mol. The molecule has 0 unspecified atom stereocenters. The highest BCUT2D eigenvalue weighted by molar-refractivity contribution is 5.52. The molecule has 0 bridgehead atoms. The van der Waals surface area contributed by atoms with E-state index in [4.69, 9.17) is 5.73 Å². The van der Waals surface area contributed by atoms with Crippen LogP contribution >= 0.6 is 0 Å². The van der Waals surface area contributed by atoms with Crippen molar-refractivity contribution in [3.8, 4) is 0 Å². The largest absolute Gasteiger partial charge is 0.321 e. The van der Waals surface area contributed by atoms with Gasteiger partial charge in [0, 0.05) is 23.5 Å². The molecular formula is C12H14N4. The zero-order valence-corrected chi connectivity index (χ0v) is 9.06. The van der Waals surface area contributed by atoms with Crippen molar-refractivity contribution in [3.05, 3.63) is 29.7 Å². The molecule has 2 aliphatic rings. The van der Waals surface area contributed by atoms with Gasteiger partial charge < -0.3 is 5.73 Å². The summed E-state index contributed by atoms with van der Waals surface area (Å²) in [5.41, 5.74) is 9.40. The van der Waals surface area contributed by atoms with Gasteiger partial charge in [-0.15, -0.1) is 0 Å². The Labute approximate surface area is 93.5 Å². The Morgan fingerprint density at radius 1 is 1.31 bits per heavy atom. The summed E-state index contributed by atoms with van der Waals surface area (Å²) in [6.07, 6.45) is 10.7. The predicted octanol–water partition coefficient (Wildman–Crippen LogP) is 1.55. The van der Waals surface area contributed by atoms with Crippen LogP contribution < -0.4 is 5.73 Å². The fourth-order valence-corrected chi connectivity index (χ4v) is 2.27. The van der Waals surface area contributed by atoms with Gasteiger partial charge in [-0.05, 0) is 37.2 Å². The van der Waals surface area contributed by atoms with Crippen LogP contribution in [0.3, 0.4) is 0 Å². The van der Waals surface area contributed by atoms with Gasteiger partial charge in [0.05, 0.1) is 6.20 Å². The molecule has 2 aliphatic carbocycles. The van der Waals surface area contributed by atoms with Crippen molar-refractivity contribution in [1.29, 1.82) is 0 Å². The Bertz CT molecular complexity index is 563. The Hall–Kier alpha value is -1.42. The molecule has 0 atom stereocenters. The van der Waals surface area contributed by atoms with Crippen LogP contribution in [0.15, 0.2) is 18.6 Å². The number of rotatable bonds is 2. The van der Waals surface area contributed by atoms with Gasteiger partial charge in [0.1, 0.15) is 0 Å². The maximum atomic E-state index is 6.20. The lowest BCUT2D eigenvalue weighted by molar-refractivity contribution is 0.745. The van der Waals surface area contributed by atoms with Gasteiger partial charge in [-0.25, -0.2) is 9.50 Å². The van der Waals surface area contributed by atoms with Crippen LogP contribution in [-0.4, -0.2) is 14.6 Å². The van der Waals surface area contributed by atoms with Gasteiger partial charge in [0.2, 0.25) is 0 Å². The van der Waals surface area contributed by atoms with Crippen molar-refractivity contribution in [2.45, 2.75) is 37.1 Å². The van der Waals surface area contributed by atoms with Crippen molar-refractivity contribution in [2.75, 3.05) is 0 Å². The smallest absolute Gasteiger partial charge is 0.159 e. The van der Waals surface area contributed by atoms with E-state index in [-0.39, 0.29) is 5.54 Å². The summed E-state index contributed by atoms with van der Waals surface area (Å²) in [6, 6.07) is 0. The van der Waals surface area contributed by atoms with Gasteiger partial charge in [-0.3, -0.25) is 0 Å². The molecule has 2 heterocycles. The van der Waals surface area contributed by atoms with Gasteiger partial charge in [-0.1, -0.05) is 0 Å². The second-order valence-corrected chi connectivity index (χ2v) is 5.14. The lowest BCUT2D eigenvalue weighted by Crippen LogP contribution is -2.18. The van der Waals surface area contributed by atoms with E-state index in [1.54, 1.807) is 0 Å². The highest BCUT2D eigenvalue weighted by atomic mass is 15.2. The topological polar surface area (TPSA) is 56.2 Å². The highest BCUT2D eigenvalue weighted by Crippen LogP contribution is 2.44. The first-order valence-corrected chi connectivity index (χ1v) is 5.89. The standard InChI is InChI=1S/C12H14N4/c13-12(3-4-12)10-6-15-16-7-9(8-1-2-8)5-14-11(10)16/h5-8H,1-4,13H2. The minimum absolute atomic E-state index is 0.143. The van der Waals surface area contributed by atoms with E-state index >= 15 is 0 Å². The molecule has 2 fully saturated rings. The number of nitrogens with zero attached hydrogens (tertiary/aromatic N) is 3. The molecule has 2 aromatic heterocycles. The summed E-state index contributed by atoms with van der Waals surface area (Å²) in [5.74, 6) is 0.720. The maximum Gasteiger partial charge on any atom is 0.159 e. The van der Waals surface area contributed by atoms with Gasteiger partial charge in [0.15, 0.2) is 5.65 Å². The van der Waals surface area contributed by atoms with Crippen LogP contribution in [-0.2, 0) is 5.54 Å². The third kappa shape index (κ3) is 1.13. The summed E-state index contributed by atoms with van der Waals surface area (Å²) in [7, 11) is 0. The summed E-state index contributed by atoms with van der Waals surface area (Å²) in [4.78, 5) is 4.53. The number of aromatic nitrogens is 3. The van der Waals surface area contributed by atoms with Crippen molar-refractivity contribution in [1.82, 2.24) is 14.6 Å². The molecule has 4 heteroatoms. The molecule has 2 saturated carbocycles. The molecule has 4 rings (SSSR count). The molecule has 0 amide bonds. The van der Waals surface area contributed by atoms with Crippen LogP contribution in [0.1, 0.15) is 42.7 Å². The highest BCUT2D eigenvalue weighted by Gasteiger charge is 2.42. The molecule has 0 radical (unpaired) electrons. The summed E-state index contributed by atoms with van der Waals surface area (Å²) < 4.78 is 1.88. The monoisotopic (exact) mass is 214 g/mol. The van der Waals surface area contributed by atoms with Crippen LogP contribution in [0.2, 0.25) is 0 Å². The first-order chi connectivity index (χ1) is 7.76. The molecule has 16 heavy (non-hydrogen) atoms. The number of nitrogens with two attached hydrogens (primary N) is 1. The zero-order valence-electron chi connectivity index (χ0n) is 9.06. The summed E-state index contributed by atoms with van der Waals surface area (Å²) in [6.45, 7) is 0. The van der Waals surface area contributed by atoms with E-state index in [9.17, 15) is 0 Å². The molecule has 0 spiro atoms. The maximum absolute atomic E-state index is 6.20. The second kappa shape index (κ2) is 2.63. The fraction of sp³-hybridized carbons (Fsp3) is 0.500. The van der Waals surface area contributed by atoms with Crippen LogP contribution in [0, 0.1) is 0 Å². The third-order valence-electron chi connectivity index (χ3n) is 3.75. The van der Waals surface area contributed by atoms with E-state index in [1.807, 2.05) is 16.9 Å². The Morgan fingerprint density at radius 3 is 2.81 bits per heavy atom. The number of fused-ring (bicyclic) bond motifs is 1. The summed E-state index contributed by atoms with van der Waals surface area (Å²) >= 11 is 0. The van der Waals surface area contributed by atoms with Gasteiger partial charge >= 0.3 is 0 Å². The summed E-state index contributed by atoms with van der Waals surface area (Å²) in [5, 5.41) is 4.37. The van der Waals surface area contributed by atoms with E-state index in [1.165, 1.54) is 18.4 Å². The van der Waals surface area contributed by atoms with Crippen molar-refractivity contribution < 1.29 is 0 Å². The van der Waals surface area contributed by atoms with Crippen LogP contribution in [0.4, 0.5) is 0 Å².